The molecule has 22 heavy (non-hydrogen) atoms. The molecule has 16 heteroatoms. The van der Waals surface area contributed by atoms with Crippen LogP contribution in [0.25, 0.3) is 0 Å². The van der Waals surface area contributed by atoms with E-state index in [0.717, 1.165) is 0 Å². The summed E-state index contributed by atoms with van der Waals surface area (Å²) in [4.78, 5) is 0. The van der Waals surface area contributed by atoms with Crippen molar-refractivity contribution in [2.24, 2.45) is 0 Å². The minimum Gasteiger partial charge on any atom is -0.797 e. The van der Waals surface area contributed by atoms with Crippen molar-refractivity contribution in [2.75, 3.05) is 5.75 Å². The van der Waals surface area contributed by atoms with Gasteiger partial charge < -0.3 is 13.3 Å². The van der Waals surface area contributed by atoms with Gasteiger partial charge in [-0.15, -0.1) is 0 Å². The zero-order valence-corrected chi connectivity index (χ0v) is 10.2. The highest BCUT2D eigenvalue weighted by Gasteiger charge is 2.88. The lowest BCUT2D eigenvalue weighted by atomic mass is 10.1. The van der Waals surface area contributed by atoms with E-state index in [2.05, 4.69) is 0 Å². The lowest BCUT2D eigenvalue weighted by Crippen LogP contribution is -2.79. The van der Waals surface area contributed by atoms with Crippen molar-refractivity contribution in [1.82, 2.24) is 0 Å². The minimum absolute atomic E-state index is 4.51. The third-order valence-corrected chi connectivity index (χ3v) is 4.90. The first-order chi connectivity index (χ1) is 8.99. The highest BCUT2D eigenvalue weighted by molar-refractivity contribution is 8.11. The number of hydrogen-bond acceptors (Lipinski definition) is 3. The molecular formula is C6H2F12O3S-2. The third kappa shape index (κ3) is 3.12. The van der Waals surface area contributed by atoms with Gasteiger partial charge in [0.15, 0.2) is 0 Å². The van der Waals surface area contributed by atoms with Gasteiger partial charge in [-0.25, -0.2) is 0 Å². The van der Waals surface area contributed by atoms with Crippen LogP contribution in [0.1, 0.15) is 0 Å². The van der Waals surface area contributed by atoms with Gasteiger partial charge in [-0.05, 0) is 0 Å². The highest BCUT2D eigenvalue weighted by Crippen LogP contribution is 2.63. The van der Waals surface area contributed by atoms with E-state index in [9.17, 15) is 66.0 Å². The van der Waals surface area contributed by atoms with Gasteiger partial charge in [0.1, 0.15) is 0 Å². The Hall–Kier alpha value is -0.770. The summed E-state index contributed by atoms with van der Waals surface area (Å²) in [5, 5.41) is 0. The van der Waals surface area contributed by atoms with Crippen LogP contribution in [0.4, 0.5) is 52.7 Å². The summed E-state index contributed by atoms with van der Waals surface area (Å²) in [6.07, 6.45) is -30.4. The molecular weight excluding hydrogens is 380 g/mol. The third-order valence-electron chi connectivity index (χ3n) is 2.20. The van der Waals surface area contributed by atoms with Crippen LogP contribution < -0.4 is 0 Å². The predicted molar refractivity (Wildman–Crippen MR) is 41.5 cm³/mol. The van der Waals surface area contributed by atoms with Crippen molar-refractivity contribution < 1.29 is 66.0 Å². The van der Waals surface area contributed by atoms with Gasteiger partial charge in [0.25, 0.3) is 4.75 Å². The fourth-order valence-electron chi connectivity index (χ4n) is 1.54. The maximum atomic E-state index is 12.3. The van der Waals surface area contributed by atoms with Crippen LogP contribution in [-0.2, 0) is 9.63 Å². The molecule has 0 aromatic rings. The summed E-state index contributed by atoms with van der Waals surface area (Å²) >= 11 is 0. The molecule has 136 valence electrons. The van der Waals surface area contributed by atoms with Crippen molar-refractivity contribution in [3.63, 3.8) is 0 Å². The Balaban J connectivity index is 7.05. The summed E-state index contributed by atoms with van der Waals surface area (Å²) in [5.74, 6) is -4.51. The normalized spacial score (nSPS) is 18.0. The first kappa shape index (κ1) is 21.2. The second kappa shape index (κ2) is 4.62. The van der Waals surface area contributed by atoms with E-state index < -0.39 is 44.8 Å². The molecule has 0 N–H and O–H groups in total. The molecule has 0 heterocycles. The number of hydrogen-bond donors (Lipinski definition) is 0. The van der Waals surface area contributed by atoms with Crippen LogP contribution in [-0.4, -0.2) is 48.5 Å². The summed E-state index contributed by atoms with van der Waals surface area (Å²) in [6, 6.07) is 0. The van der Waals surface area contributed by atoms with E-state index in [0.29, 0.717) is 0 Å². The van der Waals surface area contributed by atoms with E-state index in [1.54, 1.807) is 0 Å². The zero-order valence-electron chi connectivity index (χ0n) is 9.38. The zero-order chi connectivity index (χ0) is 18.7. The van der Waals surface area contributed by atoms with Gasteiger partial charge in [-0.3, -0.25) is 0 Å². The summed E-state index contributed by atoms with van der Waals surface area (Å²) < 4.78 is 170. The Kier molecular flexibility index (Phi) is 4.46. The lowest BCUT2D eigenvalue weighted by molar-refractivity contribution is -0.352. The largest absolute Gasteiger partial charge is 0.797 e. The van der Waals surface area contributed by atoms with E-state index in [1.807, 2.05) is 0 Å². The van der Waals surface area contributed by atoms with Crippen molar-refractivity contribution in [2.45, 2.75) is 29.5 Å². The molecule has 0 aliphatic carbocycles. The molecule has 3 nitrogen and oxygen atoms in total. The molecule has 0 rings (SSSR count). The topological polar surface area (TPSA) is 63.2 Å². The second-order valence-electron chi connectivity index (χ2n) is 3.89. The van der Waals surface area contributed by atoms with Gasteiger partial charge in [0.2, 0.25) is 0 Å². The highest BCUT2D eigenvalue weighted by atomic mass is 32.3. The number of halogens is 12. The fraction of sp³-hybridized carbons (Fsp3) is 1.00. The molecule has 0 saturated heterocycles. The monoisotopic (exact) mass is 382 g/mol. The van der Waals surface area contributed by atoms with Crippen molar-refractivity contribution in [3.8, 4) is 0 Å². The van der Waals surface area contributed by atoms with Crippen molar-refractivity contribution >= 4 is 9.63 Å². The van der Waals surface area contributed by atoms with Crippen LogP contribution >= 0.6 is 0 Å². The molecule has 0 fully saturated rings. The van der Waals surface area contributed by atoms with Gasteiger partial charge in [-0.2, -0.15) is 62.3 Å². The van der Waals surface area contributed by atoms with Crippen LogP contribution in [0.15, 0.2) is 0 Å². The van der Waals surface area contributed by atoms with Crippen LogP contribution in [0.5, 0.6) is 0 Å². The molecule has 0 saturated carbocycles. The Bertz CT molecular complexity index is 451. The summed E-state index contributed by atoms with van der Waals surface area (Å²) in [6.45, 7) is 0. The molecule has 0 aliphatic rings. The number of alkyl halides is 12. The average molecular weight is 382 g/mol. The molecule has 0 radical (unpaired) electrons. The lowest BCUT2D eigenvalue weighted by Gasteiger charge is -2.66. The first-order valence-electron chi connectivity index (χ1n) is 4.36. The minimum atomic E-state index is -9.97. The first-order valence-corrected chi connectivity index (χ1v) is 6.35. The standard InChI is InChI=1S/C6H4F12O3S/c7-2(8,9)1-22(19,20,21)3(4(10,11)12,5(13,14)15)6(16,17)18/h1H2,(H2,19,20,21)/p-2. The van der Waals surface area contributed by atoms with E-state index in [1.165, 1.54) is 0 Å². The smallest absolute Gasteiger partial charge is 0.419 e. The number of rotatable bonds is 2. The fourth-order valence-corrected chi connectivity index (χ4v) is 3.67. The molecule has 0 amide bonds. The van der Waals surface area contributed by atoms with Crippen LogP contribution in [0, 0.1) is 0 Å². The summed E-state index contributed by atoms with van der Waals surface area (Å²) in [5.41, 5.74) is 0. The SMILES string of the molecule is O=S([O-])([O-])(CC(F)(F)F)C(C(F)(F)F)(C(F)(F)F)C(F)(F)F. The molecule has 0 atom stereocenters. The predicted octanol–water partition coefficient (Wildman–Crippen LogP) is 3.06. The molecule has 0 aliphatic heterocycles. The Morgan fingerprint density at radius 3 is 1.00 bits per heavy atom. The maximum Gasteiger partial charge on any atom is 0.419 e. The van der Waals surface area contributed by atoms with Crippen LogP contribution in [0.3, 0.4) is 0 Å². The van der Waals surface area contributed by atoms with Gasteiger partial charge >= 0.3 is 24.7 Å². The van der Waals surface area contributed by atoms with Gasteiger partial charge in [0.05, 0.1) is 5.75 Å². The van der Waals surface area contributed by atoms with E-state index in [4.69, 9.17) is 0 Å². The molecule has 0 spiro atoms. The molecule has 0 bridgehead atoms. The van der Waals surface area contributed by atoms with E-state index in [-0.39, 0.29) is 0 Å². The molecule has 0 aromatic carbocycles. The van der Waals surface area contributed by atoms with Crippen molar-refractivity contribution in [3.05, 3.63) is 0 Å². The average Bonchev–Trinajstić information content (AvgIpc) is 1.82. The van der Waals surface area contributed by atoms with Crippen LogP contribution in [0.2, 0.25) is 0 Å². The Morgan fingerprint density at radius 2 is 0.864 bits per heavy atom. The van der Waals surface area contributed by atoms with Gasteiger partial charge in [0, 0.05) is 0 Å². The van der Waals surface area contributed by atoms with E-state index >= 15 is 0 Å². The molecule has 0 aromatic heterocycles. The number of sulfone groups is 3. The Labute approximate surface area is 112 Å². The second-order valence-corrected chi connectivity index (χ2v) is 6.69. The Morgan fingerprint density at radius 1 is 0.636 bits per heavy atom. The van der Waals surface area contributed by atoms with Crippen molar-refractivity contribution in [1.29, 1.82) is 0 Å². The maximum absolute atomic E-state index is 12.3. The quantitative estimate of drug-likeness (QED) is 0.690. The van der Waals surface area contributed by atoms with Gasteiger partial charge in [-0.1, -0.05) is 0 Å². The molecule has 0 unspecified atom stereocenters. The summed E-state index contributed by atoms with van der Waals surface area (Å²) in [7, 11) is -9.97.